The van der Waals surface area contributed by atoms with Gasteiger partial charge in [-0.05, 0) is 24.0 Å². The molecule has 1 saturated heterocycles. The molecular formula is C18H20NO. The summed E-state index contributed by atoms with van der Waals surface area (Å²) in [4.78, 5) is 0. The molecule has 2 aromatic rings. The number of benzene rings is 2. The minimum atomic E-state index is -0.110. The van der Waals surface area contributed by atoms with Crippen LogP contribution in [0.2, 0.25) is 0 Å². The Balaban J connectivity index is 1.81. The van der Waals surface area contributed by atoms with Gasteiger partial charge in [-0.2, -0.15) is 0 Å². The number of nitrogens with zero attached hydrogens (tertiary/aromatic N) is 1. The predicted octanol–water partition coefficient (Wildman–Crippen LogP) is 2.85. The van der Waals surface area contributed by atoms with E-state index in [1.54, 1.807) is 0 Å². The number of rotatable bonds is 4. The molecule has 0 atom stereocenters. The summed E-state index contributed by atoms with van der Waals surface area (Å²) >= 11 is 0. The second-order valence-electron chi connectivity index (χ2n) is 5.48. The first-order chi connectivity index (χ1) is 9.86. The molecule has 2 heteroatoms. The molecule has 0 unspecified atom stereocenters. The first kappa shape index (κ1) is 13.3. The van der Waals surface area contributed by atoms with E-state index in [0.29, 0.717) is 0 Å². The summed E-state index contributed by atoms with van der Waals surface area (Å²) in [6, 6.07) is 21.2. The zero-order valence-corrected chi connectivity index (χ0v) is 11.7. The third kappa shape index (κ3) is 3.27. The molecule has 2 aromatic carbocycles. The molecule has 1 fully saturated rings. The molecule has 1 aliphatic heterocycles. The van der Waals surface area contributed by atoms with Gasteiger partial charge in [-0.25, -0.2) is 5.32 Å². The lowest BCUT2D eigenvalue weighted by molar-refractivity contribution is 0.0242. The maximum absolute atomic E-state index is 5.74. The Morgan fingerprint density at radius 2 is 1.40 bits per heavy atom. The van der Waals surface area contributed by atoms with E-state index >= 15 is 0 Å². The Kier molecular flexibility index (Phi) is 4.14. The quantitative estimate of drug-likeness (QED) is 0.834. The topological polar surface area (TPSA) is 23.3 Å². The minimum Gasteiger partial charge on any atom is -0.378 e. The molecule has 1 heterocycles. The smallest absolute Gasteiger partial charge is 0.0671 e. The number of hydrogen-bond donors (Lipinski definition) is 0. The molecule has 0 saturated carbocycles. The first-order valence-electron chi connectivity index (χ1n) is 7.21. The highest BCUT2D eigenvalue weighted by molar-refractivity contribution is 5.23. The van der Waals surface area contributed by atoms with Gasteiger partial charge in [-0.1, -0.05) is 60.7 Å². The van der Waals surface area contributed by atoms with Crippen LogP contribution >= 0.6 is 0 Å². The molecule has 1 aliphatic rings. The highest BCUT2D eigenvalue weighted by Crippen LogP contribution is 2.23. The molecule has 3 rings (SSSR count). The van der Waals surface area contributed by atoms with Crippen molar-refractivity contribution in [3.63, 3.8) is 0 Å². The molecule has 0 N–H and O–H groups in total. The van der Waals surface area contributed by atoms with Crippen LogP contribution in [0, 0.1) is 0 Å². The van der Waals surface area contributed by atoms with Crippen LogP contribution < -0.4 is 5.32 Å². The van der Waals surface area contributed by atoms with Gasteiger partial charge in [0.05, 0.1) is 18.8 Å². The minimum absolute atomic E-state index is 0.110. The lowest BCUT2D eigenvalue weighted by atomic mass is 9.84. The second-order valence-corrected chi connectivity index (χ2v) is 5.48. The Morgan fingerprint density at radius 3 is 1.85 bits per heavy atom. The Morgan fingerprint density at radius 1 is 0.850 bits per heavy atom. The fourth-order valence-electron chi connectivity index (χ4n) is 2.88. The lowest BCUT2D eigenvalue weighted by Gasteiger charge is -2.37. The van der Waals surface area contributed by atoms with Crippen LogP contribution in [-0.4, -0.2) is 25.3 Å². The molecule has 2 nitrogen and oxygen atoms in total. The molecule has 0 aliphatic carbocycles. The average Bonchev–Trinajstić information content (AvgIpc) is 2.50. The molecule has 0 amide bonds. The van der Waals surface area contributed by atoms with Crippen molar-refractivity contribution in [3.05, 3.63) is 71.8 Å². The van der Waals surface area contributed by atoms with Crippen molar-refractivity contribution < 1.29 is 4.74 Å². The number of ether oxygens (including phenoxy) is 1. The Hall–Kier alpha value is -1.64. The van der Waals surface area contributed by atoms with Gasteiger partial charge in [-0.3, -0.25) is 0 Å². The van der Waals surface area contributed by atoms with E-state index in [2.05, 4.69) is 60.7 Å². The van der Waals surface area contributed by atoms with Crippen LogP contribution in [0.15, 0.2) is 60.7 Å². The van der Waals surface area contributed by atoms with Crippen molar-refractivity contribution in [3.8, 4) is 0 Å². The highest BCUT2D eigenvalue weighted by Gasteiger charge is 2.34. The van der Waals surface area contributed by atoms with Crippen LogP contribution in [0.5, 0.6) is 0 Å². The predicted molar refractivity (Wildman–Crippen MR) is 80.8 cm³/mol. The van der Waals surface area contributed by atoms with Gasteiger partial charge in [0.15, 0.2) is 0 Å². The number of morpholine rings is 1. The van der Waals surface area contributed by atoms with Crippen LogP contribution in [0.25, 0.3) is 0 Å². The van der Waals surface area contributed by atoms with Gasteiger partial charge in [0.2, 0.25) is 0 Å². The molecule has 1 radical (unpaired) electrons. The molecule has 0 aromatic heterocycles. The largest absolute Gasteiger partial charge is 0.378 e. The van der Waals surface area contributed by atoms with Crippen molar-refractivity contribution in [1.29, 1.82) is 0 Å². The third-order valence-corrected chi connectivity index (χ3v) is 3.81. The van der Waals surface area contributed by atoms with E-state index in [9.17, 15) is 0 Å². The van der Waals surface area contributed by atoms with Crippen molar-refractivity contribution in [1.82, 2.24) is 5.32 Å². The van der Waals surface area contributed by atoms with Gasteiger partial charge < -0.3 is 4.74 Å². The van der Waals surface area contributed by atoms with Gasteiger partial charge in [0, 0.05) is 6.54 Å². The van der Waals surface area contributed by atoms with E-state index in [4.69, 9.17) is 10.1 Å². The van der Waals surface area contributed by atoms with E-state index in [0.717, 1.165) is 32.6 Å². The monoisotopic (exact) mass is 266 g/mol. The summed E-state index contributed by atoms with van der Waals surface area (Å²) in [5, 5.41) is 4.93. The molecule has 103 valence electrons. The van der Waals surface area contributed by atoms with E-state index in [1.165, 1.54) is 11.1 Å². The van der Waals surface area contributed by atoms with Crippen LogP contribution in [0.4, 0.5) is 0 Å². The van der Waals surface area contributed by atoms with E-state index in [-0.39, 0.29) is 5.54 Å². The van der Waals surface area contributed by atoms with Crippen LogP contribution in [0.1, 0.15) is 11.1 Å². The summed E-state index contributed by atoms with van der Waals surface area (Å²) in [6.45, 7) is 2.28. The summed E-state index contributed by atoms with van der Waals surface area (Å²) in [6.07, 6.45) is 1.89. The van der Waals surface area contributed by atoms with Gasteiger partial charge >= 0.3 is 0 Å². The highest BCUT2D eigenvalue weighted by atomic mass is 16.5. The summed E-state index contributed by atoms with van der Waals surface area (Å²) < 4.78 is 5.74. The second kappa shape index (κ2) is 6.21. The van der Waals surface area contributed by atoms with Gasteiger partial charge in [0.1, 0.15) is 0 Å². The first-order valence-corrected chi connectivity index (χ1v) is 7.21. The lowest BCUT2D eigenvalue weighted by Crippen LogP contribution is -2.52. The fourth-order valence-corrected chi connectivity index (χ4v) is 2.88. The summed E-state index contributed by atoms with van der Waals surface area (Å²) in [7, 11) is 0. The molecule has 20 heavy (non-hydrogen) atoms. The number of hydrogen-bond acceptors (Lipinski definition) is 1. The SMILES string of the molecule is c1ccc(CC2(Cc3ccccc3)COCC[N]2)cc1. The van der Waals surface area contributed by atoms with Crippen LogP contribution in [-0.2, 0) is 17.6 Å². The Bertz CT molecular complexity index is 474. The molecular weight excluding hydrogens is 246 g/mol. The fraction of sp³-hybridized carbons (Fsp3) is 0.333. The molecule has 0 spiro atoms. The van der Waals surface area contributed by atoms with Gasteiger partial charge in [0.25, 0.3) is 0 Å². The van der Waals surface area contributed by atoms with Crippen molar-refractivity contribution in [2.24, 2.45) is 0 Å². The average molecular weight is 266 g/mol. The van der Waals surface area contributed by atoms with Gasteiger partial charge in [-0.15, -0.1) is 0 Å². The van der Waals surface area contributed by atoms with Crippen molar-refractivity contribution >= 4 is 0 Å². The normalized spacial score (nSPS) is 17.8. The zero-order chi connectivity index (χ0) is 13.7. The van der Waals surface area contributed by atoms with E-state index < -0.39 is 0 Å². The van der Waals surface area contributed by atoms with E-state index in [1.807, 2.05) is 0 Å². The van der Waals surface area contributed by atoms with Crippen molar-refractivity contribution in [2.75, 3.05) is 19.8 Å². The summed E-state index contributed by atoms with van der Waals surface area (Å²) in [5.41, 5.74) is 2.55. The van der Waals surface area contributed by atoms with Crippen LogP contribution in [0.3, 0.4) is 0 Å². The standard InChI is InChI=1S/C18H20NO/c1-3-7-16(8-4-1)13-18(15-20-12-11-19-18)14-17-9-5-2-6-10-17/h1-10H,11-15H2. The molecule has 0 bridgehead atoms. The summed E-state index contributed by atoms with van der Waals surface area (Å²) in [5.74, 6) is 0. The zero-order valence-electron chi connectivity index (χ0n) is 11.7. The van der Waals surface area contributed by atoms with Crippen molar-refractivity contribution in [2.45, 2.75) is 18.4 Å². The maximum Gasteiger partial charge on any atom is 0.0671 e. The Labute approximate surface area is 120 Å². The maximum atomic E-state index is 5.74. The third-order valence-electron chi connectivity index (χ3n) is 3.81.